The highest BCUT2D eigenvalue weighted by Gasteiger charge is 2.27. The monoisotopic (exact) mass is 173 g/mol. The summed E-state index contributed by atoms with van der Waals surface area (Å²) in [7, 11) is 0. The Hall–Kier alpha value is -1.35. The molecule has 0 fully saturated rings. The first-order valence-electron chi connectivity index (χ1n) is 4.56. The molecule has 2 N–H and O–H groups in total. The van der Waals surface area contributed by atoms with Gasteiger partial charge in [-0.25, -0.2) is 0 Å². The van der Waals surface area contributed by atoms with Crippen molar-refractivity contribution < 1.29 is 0 Å². The second kappa shape index (κ2) is 2.57. The number of nitrogens with zero attached hydrogens (tertiary/aromatic N) is 1. The maximum Gasteiger partial charge on any atom is 0.0894 e. The molecule has 0 bridgehead atoms. The Balaban J connectivity index is 2.15. The fourth-order valence-electron chi connectivity index (χ4n) is 1.96. The molecule has 1 unspecified atom stereocenters. The Morgan fingerprint density at radius 3 is 3.23 bits per heavy atom. The van der Waals surface area contributed by atoms with Crippen molar-refractivity contribution in [3.8, 4) is 0 Å². The van der Waals surface area contributed by atoms with Crippen molar-refractivity contribution in [3.63, 3.8) is 0 Å². The third-order valence-electron chi connectivity index (χ3n) is 2.62. The van der Waals surface area contributed by atoms with Gasteiger partial charge in [-0.2, -0.15) is 0 Å². The molecule has 0 amide bonds. The van der Waals surface area contributed by atoms with Gasteiger partial charge < -0.3 is 5.32 Å². The van der Waals surface area contributed by atoms with E-state index >= 15 is 0 Å². The van der Waals surface area contributed by atoms with Gasteiger partial charge in [0.05, 0.1) is 18.4 Å². The van der Waals surface area contributed by atoms with E-state index < -0.39 is 0 Å². The van der Waals surface area contributed by atoms with Crippen molar-refractivity contribution in [3.05, 3.63) is 29.8 Å². The van der Waals surface area contributed by atoms with Gasteiger partial charge in [-0.05, 0) is 6.07 Å². The van der Waals surface area contributed by atoms with Crippen molar-refractivity contribution in [2.75, 3.05) is 18.5 Å². The minimum Gasteiger partial charge on any atom is -0.383 e. The fraction of sp³-hybridized carbons (Fsp3) is 0.300. The van der Waals surface area contributed by atoms with Gasteiger partial charge in [0.2, 0.25) is 0 Å². The lowest BCUT2D eigenvalue weighted by atomic mass is 9.98. The number of aliphatic imine (C=N–C) groups is 1. The van der Waals surface area contributed by atoms with Crippen LogP contribution in [0.4, 0.5) is 5.69 Å². The number of hydrogen-bond acceptors (Lipinski definition) is 3. The lowest BCUT2D eigenvalue weighted by molar-refractivity contribution is 0.696. The predicted octanol–water partition coefficient (Wildman–Crippen LogP) is 0.830. The molecule has 0 saturated carbocycles. The van der Waals surface area contributed by atoms with Crippen LogP contribution in [0.3, 0.4) is 0 Å². The average molecular weight is 173 g/mol. The highest BCUT2D eigenvalue weighted by molar-refractivity contribution is 6.11. The van der Waals surface area contributed by atoms with Crippen LogP contribution in [0.15, 0.2) is 29.3 Å². The Bertz CT molecular complexity index is 370. The quantitative estimate of drug-likeness (QED) is 0.609. The van der Waals surface area contributed by atoms with Crippen LogP contribution in [0, 0.1) is 0 Å². The number of hydrogen-bond donors (Lipinski definition) is 2. The maximum absolute atomic E-state index is 4.46. The van der Waals surface area contributed by atoms with Crippen molar-refractivity contribution in [2.24, 2.45) is 4.99 Å². The molecule has 3 heteroatoms. The molecular weight excluding hydrogens is 162 g/mol. The number of nitrogens with one attached hydrogen (secondary N) is 2. The summed E-state index contributed by atoms with van der Waals surface area (Å²) in [5, 5.41) is 6.72. The molecule has 2 aliphatic heterocycles. The van der Waals surface area contributed by atoms with E-state index in [-0.39, 0.29) is 0 Å². The topological polar surface area (TPSA) is 36.4 Å². The van der Waals surface area contributed by atoms with E-state index in [2.05, 4.69) is 39.9 Å². The Labute approximate surface area is 76.9 Å². The summed E-state index contributed by atoms with van der Waals surface area (Å²) in [6, 6.07) is 8.75. The van der Waals surface area contributed by atoms with E-state index in [9.17, 15) is 0 Å². The normalized spacial score (nSPS) is 24.3. The molecule has 0 spiro atoms. The Kier molecular flexibility index (Phi) is 1.40. The summed E-state index contributed by atoms with van der Waals surface area (Å²) in [4.78, 5) is 4.46. The molecule has 0 aromatic heterocycles. The van der Waals surface area contributed by atoms with Crippen LogP contribution in [-0.2, 0) is 0 Å². The van der Waals surface area contributed by atoms with Crippen molar-refractivity contribution >= 4 is 11.4 Å². The van der Waals surface area contributed by atoms with Gasteiger partial charge in [-0.3, -0.25) is 10.3 Å². The number of rotatable bonds is 0. The van der Waals surface area contributed by atoms with E-state index in [0.29, 0.717) is 6.04 Å². The van der Waals surface area contributed by atoms with Gasteiger partial charge in [0, 0.05) is 17.8 Å². The number of fused-ring (bicyclic) bond motifs is 3. The van der Waals surface area contributed by atoms with E-state index in [0.717, 1.165) is 13.2 Å². The summed E-state index contributed by atoms with van der Waals surface area (Å²) in [6.45, 7) is 1.71. The van der Waals surface area contributed by atoms with Crippen molar-refractivity contribution in [1.29, 1.82) is 0 Å². The standard InChI is InChI=1S/C10H11N3/c1-2-4-8-7(3-1)10-9(5-11-8)12-6-13-10/h1-4,9,11-12H,5-6H2. The Morgan fingerprint density at radius 1 is 1.31 bits per heavy atom. The third-order valence-corrected chi connectivity index (χ3v) is 2.62. The molecule has 3 rings (SSSR count). The average Bonchev–Trinajstić information content (AvgIpc) is 2.65. The summed E-state index contributed by atoms with van der Waals surface area (Å²) in [6.07, 6.45) is 0. The second-order valence-corrected chi connectivity index (χ2v) is 3.38. The van der Waals surface area contributed by atoms with E-state index in [1.165, 1.54) is 17.0 Å². The van der Waals surface area contributed by atoms with Crippen LogP contribution in [0.5, 0.6) is 0 Å². The molecule has 2 heterocycles. The van der Waals surface area contributed by atoms with Gasteiger partial charge in [-0.1, -0.05) is 18.2 Å². The summed E-state index contributed by atoms with van der Waals surface area (Å²) >= 11 is 0. The molecule has 1 atom stereocenters. The molecule has 66 valence electrons. The van der Waals surface area contributed by atoms with E-state index in [4.69, 9.17) is 0 Å². The molecule has 1 aromatic carbocycles. The molecule has 0 radical (unpaired) electrons. The summed E-state index contributed by atoms with van der Waals surface area (Å²) in [5.74, 6) is 0. The van der Waals surface area contributed by atoms with Gasteiger partial charge >= 0.3 is 0 Å². The summed E-state index contributed by atoms with van der Waals surface area (Å²) < 4.78 is 0. The number of anilines is 1. The van der Waals surface area contributed by atoms with E-state index in [1.807, 2.05) is 0 Å². The van der Waals surface area contributed by atoms with Gasteiger partial charge in [-0.15, -0.1) is 0 Å². The van der Waals surface area contributed by atoms with Crippen LogP contribution >= 0.6 is 0 Å². The highest BCUT2D eigenvalue weighted by Crippen LogP contribution is 2.23. The van der Waals surface area contributed by atoms with Gasteiger partial charge in [0.15, 0.2) is 0 Å². The Morgan fingerprint density at radius 2 is 2.23 bits per heavy atom. The van der Waals surface area contributed by atoms with Crippen molar-refractivity contribution in [2.45, 2.75) is 6.04 Å². The highest BCUT2D eigenvalue weighted by atomic mass is 15.1. The number of para-hydroxylation sites is 1. The van der Waals surface area contributed by atoms with Crippen molar-refractivity contribution in [1.82, 2.24) is 5.32 Å². The first-order valence-corrected chi connectivity index (χ1v) is 4.56. The van der Waals surface area contributed by atoms with Crippen LogP contribution in [0.2, 0.25) is 0 Å². The van der Waals surface area contributed by atoms with Crippen LogP contribution < -0.4 is 10.6 Å². The third kappa shape index (κ3) is 0.971. The minimum atomic E-state index is 0.412. The van der Waals surface area contributed by atoms with Gasteiger partial charge in [0.25, 0.3) is 0 Å². The molecule has 3 nitrogen and oxygen atoms in total. The zero-order chi connectivity index (χ0) is 8.67. The zero-order valence-electron chi connectivity index (χ0n) is 7.25. The molecule has 0 saturated heterocycles. The van der Waals surface area contributed by atoms with E-state index in [1.54, 1.807) is 0 Å². The minimum absolute atomic E-state index is 0.412. The molecule has 0 aliphatic carbocycles. The van der Waals surface area contributed by atoms with Crippen LogP contribution in [0.1, 0.15) is 5.56 Å². The fourth-order valence-corrected chi connectivity index (χ4v) is 1.96. The second-order valence-electron chi connectivity index (χ2n) is 3.38. The van der Waals surface area contributed by atoms with Crippen LogP contribution in [-0.4, -0.2) is 25.0 Å². The molecule has 13 heavy (non-hydrogen) atoms. The lowest BCUT2D eigenvalue weighted by Crippen LogP contribution is -2.40. The zero-order valence-corrected chi connectivity index (χ0v) is 7.25. The molecule has 2 aliphatic rings. The largest absolute Gasteiger partial charge is 0.383 e. The number of benzene rings is 1. The SMILES string of the molecule is c1ccc2c(c1)NCC1NCN=C21. The smallest absolute Gasteiger partial charge is 0.0894 e. The first-order chi connectivity index (χ1) is 6.45. The lowest BCUT2D eigenvalue weighted by Gasteiger charge is -2.23. The first kappa shape index (κ1) is 7.09. The maximum atomic E-state index is 4.46. The van der Waals surface area contributed by atoms with Crippen LogP contribution in [0.25, 0.3) is 0 Å². The summed E-state index contributed by atoms with van der Waals surface area (Å²) in [5.41, 5.74) is 3.68. The van der Waals surface area contributed by atoms with Gasteiger partial charge in [0.1, 0.15) is 0 Å². The molecule has 1 aromatic rings. The molecular formula is C10H11N3. The predicted molar refractivity (Wildman–Crippen MR) is 53.3 cm³/mol.